The summed E-state index contributed by atoms with van der Waals surface area (Å²) in [7, 11) is 1.62. The van der Waals surface area contributed by atoms with Crippen LogP contribution < -0.4 is 15.0 Å². The van der Waals surface area contributed by atoms with Gasteiger partial charge in [-0.05, 0) is 43.4 Å². The Labute approximate surface area is 148 Å². The minimum atomic E-state index is 0.561. The second-order valence-electron chi connectivity index (χ2n) is 6.36. The average molecular weight is 347 g/mol. The third-order valence-corrected chi connectivity index (χ3v) is 4.76. The van der Waals surface area contributed by atoms with Crippen LogP contribution in [-0.4, -0.2) is 30.2 Å². The number of nitrogens with one attached hydrogen (secondary N) is 1. The molecule has 1 aromatic carbocycles. The molecule has 1 N–H and O–H groups in total. The number of piperidine rings is 1. The van der Waals surface area contributed by atoms with Gasteiger partial charge in [0.1, 0.15) is 11.6 Å². The van der Waals surface area contributed by atoms with Gasteiger partial charge in [-0.25, -0.2) is 4.98 Å². The minimum Gasteiger partial charge on any atom is -0.495 e. The Morgan fingerprint density at radius 3 is 2.96 bits per heavy atom. The van der Waals surface area contributed by atoms with E-state index in [9.17, 15) is 0 Å². The van der Waals surface area contributed by atoms with Gasteiger partial charge in [0.15, 0.2) is 0 Å². The topological polar surface area (TPSA) is 50.3 Å². The van der Waals surface area contributed by atoms with Crippen LogP contribution in [-0.2, 0) is 0 Å². The van der Waals surface area contributed by atoms with Crippen LogP contribution in [0.1, 0.15) is 25.3 Å². The van der Waals surface area contributed by atoms with Crippen molar-refractivity contribution >= 4 is 29.1 Å². The molecule has 1 unspecified atom stereocenters. The second kappa shape index (κ2) is 7.26. The van der Waals surface area contributed by atoms with Crippen molar-refractivity contribution in [3.63, 3.8) is 0 Å². The summed E-state index contributed by atoms with van der Waals surface area (Å²) in [5.74, 6) is 2.89. The Hall–Kier alpha value is -2.01. The maximum atomic E-state index is 6.16. The first-order valence-corrected chi connectivity index (χ1v) is 8.63. The molecule has 128 valence electrons. The largest absolute Gasteiger partial charge is 0.495 e. The van der Waals surface area contributed by atoms with Crippen molar-refractivity contribution in [2.45, 2.75) is 26.7 Å². The highest BCUT2D eigenvalue weighted by atomic mass is 35.5. The van der Waals surface area contributed by atoms with Crippen LogP contribution in [0.25, 0.3) is 0 Å². The van der Waals surface area contributed by atoms with Gasteiger partial charge in [0.05, 0.1) is 12.8 Å². The third-order valence-electron chi connectivity index (χ3n) is 4.35. The summed E-state index contributed by atoms with van der Waals surface area (Å²) in [5.41, 5.74) is 1.78. The smallest absolute Gasteiger partial charge is 0.229 e. The molecule has 2 heterocycles. The second-order valence-corrected chi connectivity index (χ2v) is 6.77. The molecule has 1 atom stereocenters. The van der Waals surface area contributed by atoms with E-state index in [1.165, 1.54) is 12.8 Å². The van der Waals surface area contributed by atoms with Crippen molar-refractivity contribution in [2.75, 3.05) is 30.4 Å². The standard InChI is InChI=1S/C18H23ClN4O/c1-12-5-4-8-23(11-12)17-6-7-20-18(22-17)21-15-9-13(2)14(19)10-16(15)24-3/h6-7,9-10,12H,4-5,8,11H2,1-3H3,(H,20,21,22). The molecule has 1 aliphatic rings. The Morgan fingerprint density at radius 2 is 2.21 bits per heavy atom. The SMILES string of the molecule is COc1cc(Cl)c(C)cc1Nc1nccc(N2CCCC(C)C2)n1. The summed E-state index contributed by atoms with van der Waals surface area (Å²) < 4.78 is 5.40. The molecule has 5 nitrogen and oxygen atoms in total. The third kappa shape index (κ3) is 3.73. The van der Waals surface area contributed by atoms with Crippen molar-refractivity contribution in [1.29, 1.82) is 0 Å². The fraction of sp³-hybridized carbons (Fsp3) is 0.444. The highest BCUT2D eigenvalue weighted by Crippen LogP contribution is 2.32. The lowest BCUT2D eigenvalue weighted by atomic mass is 10.0. The van der Waals surface area contributed by atoms with Gasteiger partial charge >= 0.3 is 0 Å². The predicted octanol–water partition coefficient (Wildman–Crippen LogP) is 4.43. The van der Waals surface area contributed by atoms with Crippen LogP contribution in [0.2, 0.25) is 5.02 Å². The molecular weight excluding hydrogens is 324 g/mol. The number of methoxy groups -OCH3 is 1. The van der Waals surface area contributed by atoms with Gasteiger partial charge in [0, 0.05) is 30.4 Å². The Morgan fingerprint density at radius 1 is 1.38 bits per heavy atom. The molecule has 0 spiro atoms. The summed E-state index contributed by atoms with van der Waals surface area (Å²) in [6, 6.07) is 5.71. The zero-order chi connectivity index (χ0) is 17.1. The van der Waals surface area contributed by atoms with Gasteiger partial charge in [-0.2, -0.15) is 4.98 Å². The number of benzene rings is 1. The zero-order valence-corrected chi connectivity index (χ0v) is 15.1. The summed E-state index contributed by atoms with van der Waals surface area (Å²) >= 11 is 6.16. The van der Waals surface area contributed by atoms with Crippen LogP contribution in [0.5, 0.6) is 5.75 Å². The number of halogens is 1. The average Bonchev–Trinajstić information content (AvgIpc) is 2.58. The normalized spacial score (nSPS) is 17.7. The van der Waals surface area contributed by atoms with Gasteiger partial charge in [-0.15, -0.1) is 0 Å². The zero-order valence-electron chi connectivity index (χ0n) is 14.3. The Kier molecular flexibility index (Phi) is 5.09. The highest BCUT2D eigenvalue weighted by Gasteiger charge is 2.18. The molecule has 6 heteroatoms. The quantitative estimate of drug-likeness (QED) is 0.887. The molecule has 0 aliphatic carbocycles. The molecule has 3 rings (SSSR count). The Balaban J connectivity index is 1.83. The molecule has 0 bridgehead atoms. The van der Waals surface area contributed by atoms with Crippen molar-refractivity contribution in [2.24, 2.45) is 5.92 Å². The van der Waals surface area contributed by atoms with E-state index in [1.807, 2.05) is 19.1 Å². The first-order chi connectivity index (χ1) is 11.6. The number of hydrogen-bond acceptors (Lipinski definition) is 5. The molecule has 1 aromatic heterocycles. The lowest BCUT2D eigenvalue weighted by molar-refractivity contribution is 0.416. The van der Waals surface area contributed by atoms with Gasteiger partial charge < -0.3 is 15.0 Å². The van der Waals surface area contributed by atoms with E-state index in [1.54, 1.807) is 19.4 Å². The molecule has 2 aromatic rings. The number of ether oxygens (including phenoxy) is 1. The summed E-state index contributed by atoms with van der Waals surface area (Å²) in [4.78, 5) is 11.3. The molecule has 0 radical (unpaired) electrons. The lowest BCUT2D eigenvalue weighted by Gasteiger charge is -2.31. The van der Waals surface area contributed by atoms with Gasteiger partial charge in [-0.1, -0.05) is 18.5 Å². The van der Waals surface area contributed by atoms with Gasteiger partial charge in [0.25, 0.3) is 0 Å². The van der Waals surface area contributed by atoms with E-state index >= 15 is 0 Å². The summed E-state index contributed by atoms with van der Waals surface area (Å²) in [6.07, 6.45) is 4.28. The molecular formula is C18H23ClN4O. The van der Waals surface area contributed by atoms with Crippen LogP contribution in [0, 0.1) is 12.8 Å². The maximum absolute atomic E-state index is 6.16. The predicted molar refractivity (Wildman–Crippen MR) is 98.7 cm³/mol. The fourth-order valence-electron chi connectivity index (χ4n) is 3.03. The first kappa shape index (κ1) is 16.8. The number of aryl methyl sites for hydroxylation is 1. The van der Waals surface area contributed by atoms with Crippen LogP contribution >= 0.6 is 11.6 Å². The molecule has 0 saturated carbocycles. The first-order valence-electron chi connectivity index (χ1n) is 8.26. The van der Waals surface area contributed by atoms with E-state index < -0.39 is 0 Å². The molecule has 0 amide bonds. The number of anilines is 3. The van der Waals surface area contributed by atoms with E-state index in [2.05, 4.69) is 27.1 Å². The van der Waals surface area contributed by atoms with Crippen molar-refractivity contribution < 1.29 is 4.74 Å². The van der Waals surface area contributed by atoms with Crippen molar-refractivity contribution in [3.05, 3.63) is 35.0 Å². The van der Waals surface area contributed by atoms with Gasteiger partial charge in [-0.3, -0.25) is 0 Å². The van der Waals surface area contributed by atoms with E-state index in [-0.39, 0.29) is 0 Å². The van der Waals surface area contributed by atoms with Crippen molar-refractivity contribution in [3.8, 4) is 5.75 Å². The highest BCUT2D eigenvalue weighted by molar-refractivity contribution is 6.31. The number of rotatable bonds is 4. The lowest BCUT2D eigenvalue weighted by Crippen LogP contribution is -2.34. The van der Waals surface area contributed by atoms with Crippen molar-refractivity contribution in [1.82, 2.24) is 9.97 Å². The molecule has 1 aliphatic heterocycles. The van der Waals surface area contributed by atoms with Crippen LogP contribution in [0.4, 0.5) is 17.5 Å². The number of hydrogen-bond donors (Lipinski definition) is 1. The number of nitrogens with zero attached hydrogens (tertiary/aromatic N) is 3. The summed E-state index contributed by atoms with van der Waals surface area (Å²) in [5, 5.41) is 3.93. The minimum absolute atomic E-state index is 0.561. The van der Waals surface area contributed by atoms with E-state index in [0.29, 0.717) is 22.6 Å². The fourth-order valence-corrected chi connectivity index (χ4v) is 3.19. The number of aromatic nitrogens is 2. The molecule has 1 fully saturated rings. The van der Waals surface area contributed by atoms with E-state index in [0.717, 1.165) is 30.2 Å². The molecule has 24 heavy (non-hydrogen) atoms. The molecule has 1 saturated heterocycles. The monoisotopic (exact) mass is 346 g/mol. The van der Waals surface area contributed by atoms with E-state index in [4.69, 9.17) is 16.3 Å². The Bertz CT molecular complexity index is 722. The van der Waals surface area contributed by atoms with Gasteiger partial charge in [0.2, 0.25) is 5.95 Å². The summed E-state index contributed by atoms with van der Waals surface area (Å²) in [6.45, 7) is 6.33. The maximum Gasteiger partial charge on any atom is 0.229 e. The van der Waals surface area contributed by atoms with Crippen LogP contribution in [0.3, 0.4) is 0 Å². The van der Waals surface area contributed by atoms with Crippen LogP contribution in [0.15, 0.2) is 24.4 Å².